The van der Waals surface area contributed by atoms with E-state index in [-0.39, 0.29) is 23.5 Å². The lowest BCUT2D eigenvalue weighted by Crippen LogP contribution is -2.44. The minimum absolute atomic E-state index is 0.0156. The Morgan fingerprint density at radius 1 is 1.21 bits per heavy atom. The number of primary amides is 1. The summed E-state index contributed by atoms with van der Waals surface area (Å²) in [7, 11) is 0. The highest BCUT2D eigenvalue weighted by Crippen LogP contribution is 2.26. The quantitative estimate of drug-likeness (QED) is 0.519. The standard InChI is InChI=1S/C19H20N6O2S/c20-17(27)13-5-4-8-24(10-13)16(26)11-28-19-15-9-23-25(18(15)21-12-22-19)14-6-2-1-3-7-14/h1-3,6-7,9,12-13H,4-5,8,10-11H2,(H2,20,27). The van der Waals surface area contributed by atoms with Crippen LogP contribution in [0.1, 0.15) is 12.8 Å². The zero-order chi connectivity index (χ0) is 19.5. The molecule has 1 aliphatic heterocycles. The smallest absolute Gasteiger partial charge is 0.233 e. The van der Waals surface area contributed by atoms with Gasteiger partial charge in [0, 0.05) is 13.1 Å². The normalized spacial score (nSPS) is 17.0. The molecule has 0 saturated carbocycles. The van der Waals surface area contributed by atoms with E-state index in [2.05, 4.69) is 15.1 Å². The number of fused-ring (bicyclic) bond motifs is 1. The number of nitrogens with two attached hydrogens (primary N) is 1. The first kappa shape index (κ1) is 18.4. The van der Waals surface area contributed by atoms with Gasteiger partial charge in [-0.05, 0) is 25.0 Å². The summed E-state index contributed by atoms with van der Waals surface area (Å²) in [5.41, 5.74) is 7.01. The van der Waals surface area contributed by atoms with Gasteiger partial charge in [-0.2, -0.15) is 5.10 Å². The maximum atomic E-state index is 12.6. The molecule has 4 rings (SSSR count). The minimum Gasteiger partial charge on any atom is -0.369 e. The van der Waals surface area contributed by atoms with Gasteiger partial charge in [0.25, 0.3) is 0 Å². The van der Waals surface area contributed by atoms with Crippen LogP contribution in [-0.4, -0.2) is 55.3 Å². The van der Waals surface area contributed by atoms with Crippen LogP contribution in [-0.2, 0) is 9.59 Å². The molecule has 1 saturated heterocycles. The maximum Gasteiger partial charge on any atom is 0.233 e. The molecule has 144 valence electrons. The number of thioether (sulfide) groups is 1. The fourth-order valence-corrected chi connectivity index (χ4v) is 4.22. The number of aromatic nitrogens is 4. The van der Waals surface area contributed by atoms with Crippen molar-refractivity contribution in [3.8, 4) is 5.69 Å². The van der Waals surface area contributed by atoms with Crippen LogP contribution < -0.4 is 5.73 Å². The molecule has 2 amide bonds. The van der Waals surface area contributed by atoms with Crippen molar-refractivity contribution in [1.82, 2.24) is 24.6 Å². The van der Waals surface area contributed by atoms with E-state index >= 15 is 0 Å². The van der Waals surface area contributed by atoms with Gasteiger partial charge in [-0.25, -0.2) is 14.6 Å². The number of hydrogen-bond donors (Lipinski definition) is 1. The number of piperidine rings is 1. The van der Waals surface area contributed by atoms with E-state index in [1.165, 1.54) is 18.1 Å². The number of amides is 2. The molecular formula is C19H20N6O2S. The molecule has 0 bridgehead atoms. The molecule has 1 aromatic carbocycles. The summed E-state index contributed by atoms with van der Waals surface area (Å²) in [6.45, 7) is 1.06. The largest absolute Gasteiger partial charge is 0.369 e. The lowest BCUT2D eigenvalue weighted by molar-refractivity contribution is -0.132. The Kier molecular flexibility index (Phi) is 5.25. The second-order valence-electron chi connectivity index (χ2n) is 6.68. The van der Waals surface area contributed by atoms with Crippen molar-refractivity contribution in [2.24, 2.45) is 11.7 Å². The molecule has 0 spiro atoms. The molecule has 8 nitrogen and oxygen atoms in total. The predicted molar refractivity (Wildman–Crippen MR) is 106 cm³/mol. The van der Waals surface area contributed by atoms with Gasteiger partial charge in [0.05, 0.1) is 28.9 Å². The van der Waals surface area contributed by atoms with Gasteiger partial charge in [-0.15, -0.1) is 0 Å². The summed E-state index contributed by atoms with van der Waals surface area (Å²) < 4.78 is 1.75. The van der Waals surface area contributed by atoms with Crippen LogP contribution in [0.4, 0.5) is 0 Å². The fourth-order valence-electron chi connectivity index (χ4n) is 3.35. The van der Waals surface area contributed by atoms with Crippen molar-refractivity contribution >= 4 is 34.6 Å². The van der Waals surface area contributed by atoms with E-state index in [4.69, 9.17) is 5.73 Å². The molecule has 2 N–H and O–H groups in total. The highest BCUT2D eigenvalue weighted by atomic mass is 32.2. The minimum atomic E-state index is -0.337. The Labute approximate surface area is 166 Å². The van der Waals surface area contributed by atoms with Crippen LogP contribution in [0, 0.1) is 5.92 Å². The van der Waals surface area contributed by atoms with Crippen molar-refractivity contribution in [3.05, 3.63) is 42.9 Å². The Balaban J connectivity index is 1.49. The number of likely N-dealkylation sites (tertiary alicyclic amines) is 1. The second kappa shape index (κ2) is 7.97. The molecule has 1 atom stereocenters. The molecule has 1 unspecified atom stereocenters. The number of rotatable bonds is 5. The highest BCUT2D eigenvalue weighted by molar-refractivity contribution is 8.00. The van der Waals surface area contributed by atoms with Gasteiger partial charge in [0.15, 0.2) is 5.65 Å². The average Bonchev–Trinajstić information content (AvgIpc) is 3.17. The van der Waals surface area contributed by atoms with Crippen molar-refractivity contribution in [1.29, 1.82) is 0 Å². The number of carbonyl (C=O) groups excluding carboxylic acids is 2. The van der Waals surface area contributed by atoms with Crippen LogP contribution in [0.2, 0.25) is 0 Å². The summed E-state index contributed by atoms with van der Waals surface area (Å²) in [5, 5.41) is 5.94. The van der Waals surface area contributed by atoms with Crippen molar-refractivity contribution in [2.45, 2.75) is 17.9 Å². The SMILES string of the molecule is NC(=O)C1CCCN(C(=O)CSc2ncnc3c2cnn3-c2ccccc2)C1. The number of nitrogens with zero attached hydrogens (tertiary/aromatic N) is 5. The fraction of sp³-hybridized carbons (Fsp3) is 0.316. The maximum absolute atomic E-state index is 12.6. The zero-order valence-corrected chi connectivity index (χ0v) is 16.0. The summed E-state index contributed by atoms with van der Waals surface area (Å²) in [5.74, 6) is -0.361. The Bertz CT molecular complexity index is 1010. The molecule has 2 aromatic heterocycles. The van der Waals surface area contributed by atoms with Crippen LogP contribution in [0.25, 0.3) is 16.7 Å². The van der Waals surface area contributed by atoms with Crippen molar-refractivity contribution in [3.63, 3.8) is 0 Å². The van der Waals surface area contributed by atoms with E-state index in [1.54, 1.807) is 15.8 Å². The number of benzene rings is 1. The van der Waals surface area contributed by atoms with Gasteiger partial charge < -0.3 is 10.6 Å². The van der Waals surface area contributed by atoms with E-state index in [9.17, 15) is 9.59 Å². The molecule has 3 heterocycles. The third-order valence-corrected chi connectivity index (χ3v) is 5.83. The second-order valence-corrected chi connectivity index (χ2v) is 7.64. The molecule has 0 radical (unpaired) electrons. The van der Waals surface area contributed by atoms with Crippen molar-refractivity contribution < 1.29 is 9.59 Å². The number of carbonyl (C=O) groups is 2. The monoisotopic (exact) mass is 396 g/mol. The third kappa shape index (κ3) is 3.70. The van der Waals surface area contributed by atoms with Gasteiger partial charge in [-0.1, -0.05) is 30.0 Å². The number of para-hydroxylation sites is 1. The van der Waals surface area contributed by atoms with E-state index < -0.39 is 0 Å². The summed E-state index contributed by atoms with van der Waals surface area (Å²) in [6, 6.07) is 9.74. The summed E-state index contributed by atoms with van der Waals surface area (Å²) >= 11 is 1.36. The molecule has 1 fully saturated rings. The molecule has 0 aliphatic carbocycles. The first-order valence-electron chi connectivity index (χ1n) is 9.07. The average molecular weight is 396 g/mol. The Morgan fingerprint density at radius 2 is 2.04 bits per heavy atom. The summed E-state index contributed by atoms with van der Waals surface area (Å²) in [4.78, 5) is 34.4. The van der Waals surface area contributed by atoms with Gasteiger partial charge in [0.2, 0.25) is 11.8 Å². The highest BCUT2D eigenvalue weighted by Gasteiger charge is 2.27. The van der Waals surface area contributed by atoms with E-state index in [0.717, 1.165) is 23.9 Å². The van der Waals surface area contributed by atoms with Gasteiger partial charge in [0.1, 0.15) is 11.4 Å². The van der Waals surface area contributed by atoms with Crippen LogP contribution in [0.15, 0.2) is 47.9 Å². The van der Waals surface area contributed by atoms with Crippen LogP contribution >= 0.6 is 11.8 Å². The first-order valence-corrected chi connectivity index (χ1v) is 10.1. The van der Waals surface area contributed by atoms with Crippen molar-refractivity contribution in [2.75, 3.05) is 18.8 Å². The lowest BCUT2D eigenvalue weighted by Gasteiger charge is -2.31. The zero-order valence-electron chi connectivity index (χ0n) is 15.2. The van der Waals surface area contributed by atoms with E-state index in [0.29, 0.717) is 23.8 Å². The van der Waals surface area contributed by atoms with Gasteiger partial charge >= 0.3 is 0 Å². The lowest BCUT2D eigenvalue weighted by atomic mass is 9.97. The number of hydrogen-bond acceptors (Lipinski definition) is 6. The van der Waals surface area contributed by atoms with E-state index in [1.807, 2.05) is 30.3 Å². The predicted octanol–water partition coefficient (Wildman–Crippen LogP) is 1.63. The molecule has 1 aliphatic rings. The summed E-state index contributed by atoms with van der Waals surface area (Å²) in [6.07, 6.45) is 4.75. The Morgan fingerprint density at radius 3 is 2.82 bits per heavy atom. The molecular weight excluding hydrogens is 376 g/mol. The first-order chi connectivity index (χ1) is 13.6. The molecule has 9 heteroatoms. The molecule has 28 heavy (non-hydrogen) atoms. The third-order valence-electron chi connectivity index (χ3n) is 4.84. The topological polar surface area (TPSA) is 107 Å². The van der Waals surface area contributed by atoms with Crippen LogP contribution in [0.5, 0.6) is 0 Å². The van der Waals surface area contributed by atoms with Gasteiger partial charge in [-0.3, -0.25) is 9.59 Å². The molecule has 3 aromatic rings. The Hall–Kier alpha value is -2.94. The van der Waals surface area contributed by atoms with Crippen LogP contribution in [0.3, 0.4) is 0 Å².